The molecule has 0 fully saturated rings. The lowest BCUT2D eigenvalue weighted by Gasteiger charge is -2.31. The Morgan fingerprint density at radius 1 is 1.00 bits per heavy atom. The van der Waals surface area contributed by atoms with E-state index in [9.17, 15) is 9.13 Å². The van der Waals surface area contributed by atoms with E-state index in [1.807, 2.05) is 0 Å². The topological polar surface area (TPSA) is 93.1 Å². The third-order valence-electron chi connectivity index (χ3n) is 1.81. The highest BCUT2D eigenvalue weighted by Gasteiger charge is 2.39. The second-order valence-corrected chi connectivity index (χ2v) is 9.01. The second kappa shape index (κ2) is 6.84. The van der Waals surface area contributed by atoms with E-state index in [2.05, 4.69) is 13.8 Å². The molecule has 19 heavy (non-hydrogen) atoms. The second-order valence-electron chi connectivity index (χ2n) is 5.40. The molecule has 2 N–H and O–H groups in total. The van der Waals surface area contributed by atoms with Crippen molar-refractivity contribution in [3.8, 4) is 0 Å². The average Bonchev–Trinajstić information content (AvgIpc) is 1.89. The van der Waals surface area contributed by atoms with Gasteiger partial charge in [0.1, 0.15) is 0 Å². The molecule has 0 spiro atoms. The van der Waals surface area contributed by atoms with Crippen LogP contribution in [0.4, 0.5) is 0 Å². The van der Waals surface area contributed by atoms with Gasteiger partial charge >= 0.3 is 15.2 Å². The van der Waals surface area contributed by atoms with E-state index in [1.165, 1.54) is 0 Å². The first kappa shape index (κ1) is 19.3. The Morgan fingerprint density at radius 3 is 1.63 bits per heavy atom. The van der Waals surface area contributed by atoms with Gasteiger partial charge in [-0.05, 0) is 47.0 Å². The Balaban J connectivity index is 5.00. The molecule has 0 aromatic heterocycles. The van der Waals surface area contributed by atoms with Gasteiger partial charge in [0.15, 0.2) is 0 Å². The summed E-state index contributed by atoms with van der Waals surface area (Å²) >= 11 is 0. The van der Waals surface area contributed by atoms with Gasteiger partial charge in [-0.15, -0.1) is 0 Å². The van der Waals surface area contributed by atoms with Crippen LogP contribution >= 0.6 is 15.2 Å². The zero-order valence-corrected chi connectivity index (χ0v) is 13.7. The first-order valence-corrected chi connectivity index (χ1v) is 9.48. The lowest BCUT2D eigenvalue weighted by Crippen LogP contribution is -2.25. The van der Waals surface area contributed by atoms with Crippen molar-refractivity contribution in [2.45, 2.75) is 39.9 Å². The monoisotopic (exact) mass is 314 g/mol. The minimum absolute atomic E-state index is 0.249. The highest BCUT2D eigenvalue weighted by molar-refractivity contribution is 7.54. The van der Waals surface area contributed by atoms with Crippen LogP contribution in [0.2, 0.25) is 0 Å². The van der Waals surface area contributed by atoms with Crippen LogP contribution in [0.3, 0.4) is 0 Å². The molecule has 2 radical (unpaired) electrons. The van der Waals surface area contributed by atoms with Gasteiger partial charge in [0, 0.05) is 0 Å². The molecule has 0 saturated carbocycles. The Kier molecular flexibility index (Phi) is 6.95. The van der Waals surface area contributed by atoms with Crippen LogP contribution in [-0.2, 0) is 18.2 Å². The molecule has 0 bridgehead atoms. The van der Waals surface area contributed by atoms with E-state index >= 15 is 0 Å². The van der Waals surface area contributed by atoms with E-state index in [0.29, 0.717) is 0 Å². The molecule has 0 rings (SSSR count). The number of rotatable bonds is 8. The minimum Gasteiger partial charge on any atom is -0.324 e. The smallest absolute Gasteiger partial charge is 0.324 e. The largest absolute Gasteiger partial charge is 0.331 e. The molecule has 0 aliphatic heterocycles. The summed E-state index contributed by atoms with van der Waals surface area (Å²) in [5.74, 6) is 0. The molecule has 0 saturated heterocycles. The van der Waals surface area contributed by atoms with Crippen molar-refractivity contribution in [1.82, 2.24) is 0 Å². The fraction of sp³-hybridized carbons (Fsp3) is 0.818. The van der Waals surface area contributed by atoms with Crippen molar-refractivity contribution in [1.29, 1.82) is 0 Å². The van der Waals surface area contributed by atoms with E-state index in [0.717, 1.165) is 0 Å². The molecule has 0 aliphatic rings. The van der Waals surface area contributed by atoms with Crippen LogP contribution < -0.4 is 0 Å². The highest BCUT2D eigenvalue weighted by Crippen LogP contribution is 2.56. The quantitative estimate of drug-likeness (QED) is 0.669. The predicted octanol–water partition coefficient (Wildman–Crippen LogP) is 2.86. The molecule has 8 heteroatoms. The van der Waals surface area contributed by atoms with Crippen LogP contribution in [0.25, 0.3) is 0 Å². The lowest BCUT2D eigenvalue weighted by molar-refractivity contribution is 0.139. The first-order chi connectivity index (χ1) is 8.25. The summed E-state index contributed by atoms with van der Waals surface area (Å²) in [4.78, 5) is 17.9. The van der Waals surface area contributed by atoms with Gasteiger partial charge in [-0.25, -0.2) is 0 Å². The van der Waals surface area contributed by atoms with Gasteiger partial charge in [0.2, 0.25) is 0 Å². The lowest BCUT2D eigenvalue weighted by atomic mass is 10.0. The number of hydrogen-bond donors (Lipinski definition) is 2. The van der Waals surface area contributed by atoms with Crippen LogP contribution in [0.15, 0.2) is 0 Å². The van der Waals surface area contributed by atoms with Crippen molar-refractivity contribution < 1.29 is 28.0 Å². The maximum atomic E-state index is 12.6. The van der Waals surface area contributed by atoms with Gasteiger partial charge in [-0.2, -0.15) is 0 Å². The SMILES string of the molecule is [CH2]C([CH2])(CP(=O)(O)O)CP(=O)(OC(C)C)OC(C)C. The molecule has 114 valence electrons. The van der Waals surface area contributed by atoms with Gasteiger partial charge in [-0.1, -0.05) is 0 Å². The van der Waals surface area contributed by atoms with Crippen molar-refractivity contribution in [3.05, 3.63) is 13.8 Å². The third kappa shape index (κ3) is 9.78. The van der Waals surface area contributed by atoms with Crippen molar-refractivity contribution in [2.75, 3.05) is 12.3 Å². The summed E-state index contributed by atoms with van der Waals surface area (Å²) in [6.45, 7) is 14.0. The van der Waals surface area contributed by atoms with Gasteiger partial charge in [-0.3, -0.25) is 9.13 Å². The summed E-state index contributed by atoms with van der Waals surface area (Å²) in [5, 5.41) is 0. The highest BCUT2D eigenvalue weighted by atomic mass is 31.2. The molecule has 0 aromatic rings. The fourth-order valence-electron chi connectivity index (χ4n) is 1.64. The fourth-order valence-corrected chi connectivity index (χ4v) is 5.22. The molecule has 0 aromatic carbocycles. The van der Waals surface area contributed by atoms with Crippen LogP contribution in [0.1, 0.15) is 27.7 Å². The standard InChI is InChI=1S/C11H24O6P2/c1-9(2)16-19(15,17-10(3)4)8-11(5,6)7-18(12,13)14/h9-10H,5-8H2,1-4H3,(H2,12,13,14). The molecular weight excluding hydrogens is 290 g/mol. The Labute approximate surface area is 115 Å². The van der Waals surface area contributed by atoms with E-state index in [1.54, 1.807) is 27.7 Å². The van der Waals surface area contributed by atoms with Crippen LogP contribution in [0, 0.1) is 19.3 Å². The third-order valence-corrected chi connectivity index (χ3v) is 5.44. The summed E-state index contributed by atoms with van der Waals surface area (Å²) in [7, 11) is -7.81. The maximum absolute atomic E-state index is 12.6. The van der Waals surface area contributed by atoms with Gasteiger partial charge < -0.3 is 18.8 Å². The Morgan fingerprint density at radius 2 is 1.37 bits per heavy atom. The molecule has 0 atom stereocenters. The Hall–Kier alpha value is 0.300. The number of hydrogen-bond acceptors (Lipinski definition) is 4. The van der Waals surface area contributed by atoms with E-state index in [4.69, 9.17) is 18.8 Å². The molecule has 0 unspecified atom stereocenters. The normalized spacial score (nSPS) is 14.4. The molecule has 0 aliphatic carbocycles. The van der Waals surface area contributed by atoms with Crippen molar-refractivity contribution in [3.63, 3.8) is 0 Å². The summed E-state index contributed by atoms with van der Waals surface area (Å²) in [5.41, 5.74) is -1.33. The van der Waals surface area contributed by atoms with E-state index in [-0.39, 0.29) is 18.4 Å². The van der Waals surface area contributed by atoms with E-state index < -0.39 is 26.8 Å². The summed E-state index contributed by atoms with van der Waals surface area (Å²) < 4.78 is 34.2. The zero-order chi connectivity index (χ0) is 15.5. The molecular formula is C11H24O6P2. The molecule has 0 heterocycles. The predicted molar refractivity (Wildman–Crippen MR) is 75.0 cm³/mol. The maximum Gasteiger partial charge on any atom is 0.331 e. The molecule has 0 amide bonds. The minimum atomic E-state index is -4.30. The van der Waals surface area contributed by atoms with Crippen molar-refractivity contribution >= 4 is 15.2 Å². The average molecular weight is 314 g/mol. The summed E-state index contributed by atoms with van der Waals surface area (Å²) in [6, 6.07) is 0. The van der Waals surface area contributed by atoms with Gasteiger partial charge in [0.05, 0.1) is 24.5 Å². The first-order valence-electron chi connectivity index (χ1n) is 5.96. The van der Waals surface area contributed by atoms with Crippen molar-refractivity contribution in [2.24, 2.45) is 5.41 Å². The molecule has 6 nitrogen and oxygen atoms in total. The van der Waals surface area contributed by atoms with Crippen LogP contribution in [-0.4, -0.2) is 34.3 Å². The van der Waals surface area contributed by atoms with Gasteiger partial charge in [0.25, 0.3) is 0 Å². The summed E-state index contributed by atoms with van der Waals surface area (Å²) in [6.07, 6.45) is -1.50. The van der Waals surface area contributed by atoms with Crippen LogP contribution in [0.5, 0.6) is 0 Å². The zero-order valence-electron chi connectivity index (χ0n) is 11.9. The Bertz CT molecular complexity index is 357.